The quantitative estimate of drug-likeness (QED) is 0.553. The number of anilines is 1. The third kappa shape index (κ3) is 2.50. The Morgan fingerprint density at radius 2 is 1.40 bits per heavy atom. The lowest BCUT2D eigenvalue weighted by molar-refractivity contribution is 0.0974. The lowest BCUT2D eigenvalue weighted by atomic mass is 9.82. The van der Waals surface area contributed by atoms with Gasteiger partial charge in [0.1, 0.15) is 11.5 Å². The molecule has 0 saturated heterocycles. The Hall–Kier alpha value is -3.34. The van der Waals surface area contributed by atoms with E-state index in [2.05, 4.69) is 13.2 Å². The van der Waals surface area contributed by atoms with E-state index in [1.807, 2.05) is 4.90 Å². The van der Waals surface area contributed by atoms with E-state index in [4.69, 9.17) is 0 Å². The molecule has 0 radical (unpaired) electrons. The van der Waals surface area contributed by atoms with Crippen molar-refractivity contribution >= 4 is 17.3 Å². The summed E-state index contributed by atoms with van der Waals surface area (Å²) in [6.45, 7) is 8.35. The summed E-state index contributed by atoms with van der Waals surface area (Å²) in [5.74, 6) is -1.63. The summed E-state index contributed by atoms with van der Waals surface area (Å²) in [5, 5.41) is 20.1. The summed E-state index contributed by atoms with van der Waals surface area (Å²) >= 11 is 0. The van der Waals surface area contributed by atoms with Crippen LogP contribution in [0, 0.1) is 0 Å². The van der Waals surface area contributed by atoms with Crippen LogP contribution in [0.1, 0.15) is 31.8 Å². The van der Waals surface area contributed by atoms with Crippen LogP contribution >= 0.6 is 0 Å². The van der Waals surface area contributed by atoms with Crippen LogP contribution in [0.5, 0.6) is 11.5 Å². The Labute approximate surface area is 145 Å². The molecule has 0 aromatic heterocycles. The van der Waals surface area contributed by atoms with Crippen molar-refractivity contribution in [2.75, 3.05) is 18.0 Å². The molecule has 1 aliphatic carbocycles. The molecule has 2 aromatic carbocycles. The van der Waals surface area contributed by atoms with Gasteiger partial charge in [-0.05, 0) is 18.2 Å². The molecule has 2 N–H and O–H groups in total. The summed E-state index contributed by atoms with van der Waals surface area (Å²) in [6.07, 6.45) is 3.38. The molecule has 0 fully saturated rings. The number of hydrogen-bond acceptors (Lipinski definition) is 5. The largest absolute Gasteiger partial charge is 0.507 e. The predicted molar refractivity (Wildman–Crippen MR) is 95.7 cm³/mol. The summed E-state index contributed by atoms with van der Waals surface area (Å²) in [7, 11) is 0. The molecule has 0 spiro atoms. The van der Waals surface area contributed by atoms with Crippen molar-refractivity contribution in [3.05, 3.63) is 77.9 Å². The molecule has 1 aliphatic rings. The van der Waals surface area contributed by atoms with Crippen LogP contribution in [-0.2, 0) is 0 Å². The van der Waals surface area contributed by atoms with E-state index < -0.39 is 11.6 Å². The second-order valence-electron chi connectivity index (χ2n) is 5.69. The van der Waals surface area contributed by atoms with Gasteiger partial charge in [0, 0.05) is 24.3 Å². The first-order chi connectivity index (χ1) is 12.0. The van der Waals surface area contributed by atoms with Gasteiger partial charge in [-0.15, -0.1) is 13.2 Å². The maximum Gasteiger partial charge on any atom is 0.200 e. The molecule has 5 heteroatoms. The molecule has 0 amide bonds. The molecule has 0 atom stereocenters. The monoisotopic (exact) mass is 335 g/mol. The van der Waals surface area contributed by atoms with Gasteiger partial charge < -0.3 is 15.1 Å². The molecule has 126 valence electrons. The number of carbonyl (C=O) groups is 2. The van der Waals surface area contributed by atoms with Crippen molar-refractivity contribution in [1.29, 1.82) is 0 Å². The first kappa shape index (κ1) is 16.5. The number of nitrogens with zero attached hydrogens (tertiary/aromatic N) is 1. The molecule has 0 unspecified atom stereocenters. The van der Waals surface area contributed by atoms with Gasteiger partial charge in [0.2, 0.25) is 0 Å². The highest BCUT2D eigenvalue weighted by molar-refractivity contribution is 6.31. The molecule has 25 heavy (non-hydrogen) atoms. The second kappa shape index (κ2) is 6.28. The van der Waals surface area contributed by atoms with Crippen LogP contribution in [0.25, 0.3) is 0 Å². The Bertz CT molecular complexity index is 904. The smallest absolute Gasteiger partial charge is 0.200 e. The van der Waals surface area contributed by atoms with Crippen LogP contribution in [0.2, 0.25) is 0 Å². The number of aromatic hydroxyl groups is 2. The fourth-order valence-corrected chi connectivity index (χ4v) is 3.11. The minimum atomic E-state index is -0.494. The highest BCUT2D eigenvalue weighted by Gasteiger charge is 2.36. The van der Waals surface area contributed by atoms with E-state index in [0.29, 0.717) is 18.8 Å². The topological polar surface area (TPSA) is 77.8 Å². The molecule has 0 aliphatic heterocycles. The molecule has 0 bridgehead atoms. The molecule has 2 aromatic rings. The third-order valence-electron chi connectivity index (χ3n) is 4.17. The molecule has 0 heterocycles. The first-order valence-corrected chi connectivity index (χ1v) is 7.75. The van der Waals surface area contributed by atoms with E-state index >= 15 is 0 Å². The number of hydrogen-bond donors (Lipinski definition) is 2. The zero-order chi connectivity index (χ0) is 18.1. The fourth-order valence-electron chi connectivity index (χ4n) is 3.11. The van der Waals surface area contributed by atoms with Crippen LogP contribution in [0.15, 0.2) is 55.6 Å². The number of phenols is 2. The van der Waals surface area contributed by atoms with E-state index in [1.54, 1.807) is 30.4 Å². The summed E-state index contributed by atoms with van der Waals surface area (Å²) in [6, 6.07) is 7.38. The highest BCUT2D eigenvalue weighted by Crippen LogP contribution is 2.40. The van der Waals surface area contributed by atoms with Crippen LogP contribution in [-0.4, -0.2) is 34.9 Å². The number of fused-ring (bicyclic) bond motifs is 2. The average Bonchev–Trinajstić information content (AvgIpc) is 2.60. The number of rotatable bonds is 5. The van der Waals surface area contributed by atoms with Crippen LogP contribution in [0.4, 0.5) is 5.69 Å². The van der Waals surface area contributed by atoms with E-state index in [1.165, 1.54) is 12.1 Å². The van der Waals surface area contributed by atoms with Crippen LogP contribution in [0.3, 0.4) is 0 Å². The van der Waals surface area contributed by atoms with Crippen molar-refractivity contribution < 1.29 is 19.8 Å². The standard InChI is InChI=1S/C20H17NO4/c1-3-10-21(11-4-2)13-7-5-6-12-16(13)20(25)18-15(23)9-8-14(22)17(18)19(12)24/h3-9,22-23H,1-2,10-11H2. The summed E-state index contributed by atoms with van der Waals surface area (Å²) < 4.78 is 0. The Morgan fingerprint density at radius 1 is 0.840 bits per heavy atom. The lowest BCUT2D eigenvalue weighted by Gasteiger charge is -2.28. The normalized spacial score (nSPS) is 12.3. The van der Waals surface area contributed by atoms with Gasteiger partial charge in [0.15, 0.2) is 11.6 Å². The van der Waals surface area contributed by atoms with E-state index in [0.717, 1.165) is 0 Å². The highest BCUT2D eigenvalue weighted by atomic mass is 16.3. The minimum absolute atomic E-state index is 0.159. The zero-order valence-electron chi connectivity index (χ0n) is 13.5. The maximum absolute atomic E-state index is 13.1. The third-order valence-corrected chi connectivity index (χ3v) is 4.17. The number of carbonyl (C=O) groups excluding carboxylic acids is 2. The SMILES string of the molecule is C=CCN(CC=C)c1cccc2c1C(=O)c1c(O)ccc(O)c1C2=O. The fraction of sp³-hybridized carbons (Fsp3) is 0.100. The predicted octanol–water partition coefficient (Wildman–Crippen LogP) is 3.05. The lowest BCUT2D eigenvalue weighted by Crippen LogP contribution is -2.29. The van der Waals surface area contributed by atoms with E-state index in [-0.39, 0.29) is 33.8 Å². The Kier molecular flexibility index (Phi) is 4.15. The first-order valence-electron chi connectivity index (χ1n) is 7.75. The van der Waals surface area contributed by atoms with Crippen molar-refractivity contribution in [1.82, 2.24) is 0 Å². The number of ketones is 2. The number of phenolic OH excluding ortho intramolecular Hbond substituents is 2. The van der Waals surface area contributed by atoms with Crippen molar-refractivity contribution in [3.8, 4) is 11.5 Å². The van der Waals surface area contributed by atoms with Gasteiger partial charge in [0.25, 0.3) is 0 Å². The maximum atomic E-state index is 13.1. The second-order valence-corrected chi connectivity index (χ2v) is 5.69. The van der Waals surface area contributed by atoms with Crippen LogP contribution < -0.4 is 4.90 Å². The molecule has 5 nitrogen and oxygen atoms in total. The Balaban J connectivity index is 2.28. The zero-order valence-corrected chi connectivity index (χ0v) is 13.5. The van der Waals surface area contributed by atoms with Crippen molar-refractivity contribution in [2.24, 2.45) is 0 Å². The van der Waals surface area contributed by atoms with Gasteiger partial charge in [-0.2, -0.15) is 0 Å². The van der Waals surface area contributed by atoms with Crippen molar-refractivity contribution in [2.45, 2.75) is 0 Å². The number of benzene rings is 2. The molecular weight excluding hydrogens is 318 g/mol. The molecule has 0 saturated carbocycles. The average molecular weight is 335 g/mol. The summed E-state index contributed by atoms with van der Waals surface area (Å²) in [4.78, 5) is 27.7. The van der Waals surface area contributed by atoms with Crippen molar-refractivity contribution in [3.63, 3.8) is 0 Å². The van der Waals surface area contributed by atoms with Gasteiger partial charge >= 0.3 is 0 Å². The van der Waals surface area contributed by atoms with Gasteiger partial charge in [-0.1, -0.05) is 24.3 Å². The summed E-state index contributed by atoms with van der Waals surface area (Å²) in [5.41, 5.74) is 0.651. The van der Waals surface area contributed by atoms with E-state index in [9.17, 15) is 19.8 Å². The molecule has 3 rings (SSSR count). The van der Waals surface area contributed by atoms with Gasteiger partial charge in [-0.25, -0.2) is 0 Å². The van der Waals surface area contributed by atoms with Gasteiger partial charge in [0.05, 0.1) is 16.7 Å². The molecular formula is C20H17NO4. The Morgan fingerprint density at radius 3 is 1.96 bits per heavy atom. The minimum Gasteiger partial charge on any atom is -0.507 e. The van der Waals surface area contributed by atoms with Gasteiger partial charge in [-0.3, -0.25) is 9.59 Å².